The Hall–Kier alpha value is -4.28. The maximum Gasteiger partial charge on any atom is 0.311 e. The average Bonchev–Trinajstić information content (AvgIpc) is 2.77. The van der Waals surface area contributed by atoms with Crippen LogP contribution < -0.4 is 20.5 Å². The SMILES string of the molecule is COc1cc(OC)c([N+](=O)[O-])cc1/C=N\NC(=O)CCc1nc2ccccc2[nH]c1=O. The van der Waals surface area contributed by atoms with E-state index in [9.17, 15) is 19.7 Å². The van der Waals surface area contributed by atoms with Crippen molar-refractivity contribution in [3.8, 4) is 11.5 Å². The molecule has 3 rings (SSSR count). The molecule has 2 N–H and O–H groups in total. The Morgan fingerprint density at radius 3 is 2.71 bits per heavy atom. The van der Waals surface area contributed by atoms with Crippen LogP contribution in [-0.4, -0.2) is 41.2 Å². The minimum absolute atomic E-state index is 0.0222. The minimum atomic E-state index is -0.595. The monoisotopic (exact) mass is 425 g/mol. The number of aromatic amines is 1. The van der Waals surface area contributed by atoms with Gasteiger partial charge < -0.3 is 14.5 Å². The normalized spacial score (nSPS) is 10.9. The number of fused-ring (bicyclic) bond motifs is 1. The van der Waals surface area contributed by atoms with Crippen LogP contribution in [0, 0.1) is 10.1 Å². The molecule has 11 heteroatoms. The number of nitro benzene ring substituents is 1. The number of rotatable bonds is 8. The lowest BCUT2D eigenvalue weighted by Crippen LogP contribution is -2.21. The lowest BCUT2D eigenvalue weighted by molar-refractivity contribution is -0.385. The Morgan fingerprint density at radius 2 is 2.00 bits per heavy atom. The van der Waals surface area contributed by atoms with E-state index in [1.165, 1.54) is 32.6 Å². The van der Waals surface area contributed by atoms with Crippen LogP contribution in [0.1, 0.15) is 17.7 Å². The highest BCUT2D eigenvalue weighted by molar-refractivity contribution is 5.87. The molecular formula is C20H19N5O6. The molecule has 0 saturated heterocycles. The Bertz CT molecular complexity index is 1220. The third-order valence-corrected chi connectivity index (χ3v) is 4.38. The van der Waals surface area contributed by atoms with Crippen LogP contribution >= 0.6 is 0 Å². The summed E-state index contributed by atoms with van der Waals surface area (Å²) in [5.41, 5.74) is 3.47. The van der Waals surface area contributed by atoms with Gasteiger partial charge in [0.25, 0.3) is 5.56 Å². The number of para-hydroxylation sites is 2. The zero-order valence-corrected chi connectivity index (χ0v) is 16.7. The van der Waals surface area contributed by atoms with Crippen molar-refractivity contribution in [2.45, 2.75) is 12.8 Å². The Kier molecular flexibility index (Phi) is 6.55. The first-order valence-electron chi connectivity index (χ1n) is 9.13. The highest BCUT2D eigenvalue weighted by atomic mass is 16.6. The number of hydrogen-bond donors (Lipinski definition) is 2. The number of nitrogens with one attached hydrogen (secondary N) is 2. The molecule has 0 aliphatic rings. The number of aromatic nitrogens is 2. The summed E-state index contributed by atoms with van der Waals surface area (Å²) in [6.07, 6.45) is 1.33. The number of amides is 1. The lowest BCUT2D eigenvalue weighted by atomic mass is 10.1. The first-order valence-corrected chi connectivity index (χ1v) is 9.13. The van der Waals surface area contributed by atoms with E-state index in [1.807, 2.05) is 0 Å². The van der Waals surface area contributed by atoms with E-state index >= 15 is 0 Å². The predicted octanol–water partition coefficient (Wildman–Crippen LogP) is 1.93. The first kappa shape index (κ1) is 21.4. The highest BCUT2D eigenvalue weighted by Crippen LogP contribution is 2.33. The van der Waals surface area contributed by atoms with Gasteiger partial charge in [-0.15, -0.1) is 0 Å². The van der Waals surface area contributed by atoms with E-state index in [4.69, 9.17) is 9.47 Å². The third-order valence-electron chi connectivity index (χ3n) is 4.38. The van der Waals surface area contributed by atoms with E-state index in [0.29, 0.717) is 11.0 Å². The largest absolute Gasteiger partial charge is 0.496 e. The van der Waals surface area contributed by atoms with Gasteiger partial charge >= 0.3 is 5.69 Å². The first-order chi connectivity index (χ1) is 14.9. The number of aryl methyl sites for hydroxylation is 1. The number of carbonyl (C=O) groups excluding carboxylic acids is 1. The number of nitrogens with zero attached hydrogens (tertiary/aromatic N) is 3. The maximum absolute atomic E-state index is 12.1. The highest BCUT2D eigenvalue weighted by Gasteiger charge is 2.19. The molecule has 2 aromatic carbocycles. The van der Waals surface area contributed by atoms with Crippen LogP contribution in [-0.2, 0) is 11.2 Å². The topological polar surface area (TPSA) is 149 Å². The minimum Gasteiger partial charge on any atom is -0.496 e. The molecule has 0 unspecified atom stereocenters. The molecular weight excluding hydrogens is 406 g/mol. The zero-order chi connectivity index (χ0) is 22.4. The fourth-order valence-corrected chi connectivity index (χ4v) is 2.85. The van der Waals surface area contributed by atoms with Crippen molar-refractivity contribution in [3.63, 3.8) is 0 Å². The summed E-state index contributed by atoms with van der Waals surface area (Å²) in [6, 6.07) is 9.69. The van der Waals surface area contributed by atoms with Crippen molar-refractivity contribution in [1.82, 2.24) is 15.4 Å². The van der Waals surface area contributed by atoms with Crippen LogP contribution in [0.5, 0.6) is 11.5 Å². The van der Waals surface area contributed by atoms with E-state index in [1.54, 1.807) is 24.3 Å². The maximum atomic E-state index is 12.1. The fraction of sp³-hybridized carbons (Fsp3) is 0.200. The summed E-state index contributed by atoms with van der Waals surface area (Å²) < 4.78 is 10.2. The van der Waals surface area contributed by atoms with E-state index in [2.05, 4.69) is 20.5 Å². The molecule has 0 radical (unpaired) electrons. The number of hydrogen-bond acceptors (Lipinski definition) is 8. The van der Waals surface area contributed by atoms with Crippen molar-refractivity contribution in [1.29, 1.82) is 0 Å². The molecule has 0 bridgehead atoms. The van der Waals surface area contributed by atoms with Gasteiger partial charge in [0.1, 0.15) is 11.4 Å². The Morgan fingerprint density at radius 1 is 1.26 bits per heavy atom. The second kappa shape index (κ2) is 9.48. The lowest BCUT2D eigenvalue weighted by Gasteiger charge is -2.08. The number of ether oxygens (including phenoxy) is 2. The number of carbonyl (C=O) groups is 1. The van der Waals surface area contributed by atoms with Gasteiger partial charge in [-0.2, -0.15) is 5.10 Å². The van der Waals surface area contributed by atoms with Crippen molar-refractivity contribution < 1.29 is 19.2 Å². The molecule has 160 valence electrons. The van der Waals surface area contributed by atoms with Crippen LogP contribution in [0.15, 0.2) is 46.3 Å². The molecule has 1 heterocycles. The van der Waals surface area contributed by atoms with Crippen molar-refractivity contribution in [3.05, 3.63) is 68.1 Å². The summed E-state index contributed by atoms with van der Waals surface area (Å²) in [5, 5.41) is 15.0. The van der Waals surface area contributed by atoms with E-state index in [-0.39, 0.29) is 46.8 Å². The Labute approximate surface area is 175 Å². The molecule has 0 saturated carbocycles. The van der Waals surface area contributed by atoms with Crippen LogP contribution in [0.3, 0.4) is 0 Å². The molecule has 1 amide bonds. The molecule has 0 aliphatic heterocycles. The van der Waals surface area contributed by atoms with Crippen LogP contribution in [0.4, 0.5) is 5.69 Å². The number of benzene rings is 2. The molecule has 1 aromatic heterocycles. The molecule has 3 aromatic rings. The summed E-state index contributed by atoms with van der Waals surface area (Å²) >= 11 is 0. The second-order valence-corrected chi connectivity index (χ2v) is 6.35. The van der Waals surface area contributed by atoms with Gasteiger partial charge in [-0.1, -0.05) is 12.1 Å². The Balaban J connectivity index is 1.67. The van der Waals surface area contributed by atoms with Gasteiger partial charge in [0.15, 0.2) is 0 Å². The standard InChI is InChI=1S/C20H19N5O6/c1-30-17-10-18(31-2)16(25(28)29)9-12(17)11-21-24-19(26)8-7-15-20(27)23-14-6-4-3-5-13(14)22-15/h3-6,9-11H,7-8H2,1-2H3,(H,23,27)(H,24,26)/b21-11-. The average molecular weight is 425 g/mol. The molecule has 0 atom stereocenters. The summed E-state index contributed by atoms with van der Waals surface area (Å²) in [5.74, 6) is -0.129. The van der Waals surface area contributed by atoms with Crippen molar-refractivity contribution in [2.24, 2.45) is 5.10 Å². The predicted molar refractivity (Wildman–Crippen MR) is 113 cm³/mol. The van der Waals surface area contributed by atoms with Crippen molar-refractivity contribution in [2.75, 3.05) is 14.2 Å². The van der Waals surface area contributed by atoms with Crippen LogP contribution in [0.2, 0.25) is 0 Å². The van der Waals surface area contributed by atoms with Gasteiger partial charge in [0.2, 0.25) is 11.7 Å². The number of nitro groups is 1. The number of H-pyrrole nitrogens is 1. The number of hydrazone groups is 1. The number of methoxy groups -OCH3 is 2. The summed E-state index contributed by atoms with van der Waals surface area (Å²) in [4.78, 5) is 41.8. The zero-order valence-electron chi connectivity index (χ0n) is 16.7. The van der Waals surface area contributed by atoms with Gasteiger partial charge in [-0.3, -0.25) is 19.7 Å². The van der Waals surface area contributed by atoms with Gasteiger partial charge in [-0.05, 0) is 12.1 Å². The van der Waals surface area contributed by atoms with Gasteiger partial charge in [0.05, 0.1) is 36.4 Å². The molecule has 31 heavy (non-hydrogen) atoms. The van der Waals surface area contributed by atoms with Gasteiger partial charge in [-0.25, -0.2) is 10.4 Å². The van der Waals surface area contributed by atoms with E-state index < -0.39 is 10.8 Å². The fourth-order valence-electron chi connectivity index (χ4n) is 2.85. The summed E-state index contributed by atoms with van der Waals surface area (Å²) in [6.45, 7) is 0. The third kappa shape index (κ3) is 5.01. The van der Waals surface area contributed by atoms with E-state index in [0.717, 1.165) is 0 Å². The molecule has 0 fully saturated rings. The molecule has 11 nitrogen and oxygen atoms in total. The van der Waals surface area contributed by atoms with Crippen LogP contribution in [0.25, 0.3) is 11.0 Å². The quantitative estimate of drug-likeness (QED) is 0.318. The molecule has 0 spiro atoms. The summed E-state index contributed by atoms with van der Waals surface area (Å²) in [7, 11) is 2.70. The van der Waals surface area contributed by atoms with Crippen molar-refractivity contribution >= 4 is 28.8 Å². The second-order valence-electron chi connectivity index (χ2n) is 6.35. The smallest absolute Gasteiger partial charge is 0.311 e. The molecule has 0 aliphatic carbocycles. The van der Waals surface area contributed by atoms with Gasteiger partial charge in [0, 0.05) is 30.5 Å².